The van der Waals surface area contributed by atoms with Crippen molar-refractivity contribution in [1.29, 1.82) is 0 Å². The fourth-order valence-electron chi connectivity index (χ4n) is 7.82. The van der Waals surface area contributed by atoms with Crippen molar-refractivity contribution in [3.63, 3.8) is 0 Å². The van der Waals surface area contributed by atoms with Crippen molar-refractivity contribution in [2.45, 2.75) is 6.42 Å². The highest BCUT2D eigenvalue weighted by atomic mass is 14.9. The zero-order valence-electron chi connectivity index (χ0n) is 24.7. The molecule has 1 heteroatoms. The molecular formula is C44H29N. The lowest BCUT2D eigenvalue weighted by Gasteiger charge is -2.22. The van der Waals surface area contributed by atoms with Crippen molar-refractivity contribution in [2.75, 3.05) is 0 Å². The van der Waals surface area contributed by atoms with Gasteiger partial charge >= 0.3 is 0 Å². The van der Waals surface area contributed by atoms with Gasteiger partial charge in [-0.15, -0.1) is 0 Å². The summed E-state index contributed by atoms with van der Waals surface area (Å²) in [5.41, 5.74) is 14.3. The van der Waals surface area contributed by atoms with Crippen LogP contribution in [0.3, 0.4) is 0 Å². The van der Waals surface area contributed by atoms with Crippen molar-refractivity contribution in [1.82, 2.24) is 4.40 Å². The summed E-state index contributed by atoms with van der Waals surface area (Å²) in [7, 11) is 0. The molecule has 0 radical (unpaired) electrons. The Kier molecular flexibility index (Phi) is 5.18. The van der Waals surface area contributed by atoms with E-state index >= 15 is 0 Å². The Morgan fingerprint density at radius 3 is 1.82 bits per heavy atom. The summed E-state index contributed by atoms with van der Waals surface area (Å²) < 4.78 is 2.55. The van der Waals surface area contributed by atoms with Crippen LogP contribution in [0, 0.1) is 5.92 Å². The van der Waals surface area contributed by atoms with E-state index in [1.807, 2.05) is 0 Å². The van der Waals surface area contributed by atoms with E-state index in [0.29, 0.717) is 5.92 Å². The fraction of sp³-hybridized carbons (Fsp3) is 0.0455. The zero-order valence-corrected chi connectivity index (χ0v) is 24.7. The van der Waals surface area contributed by atoms with E-state index in [2.05, 4.69) is 162 Å². The van der Waals surface area contributed by atoms with E-state index in [0.717, 1.165) is 6.42 Å². The van der Waals surface area contributed by atoms with Crippen LogP contribution in [0.25, 0.3) is 77.4 Å². The van der Waals surface area contributed by atoms with Crippen molar-refractivity contribution < 1.29 is 0 Å². The molecule has 1 nitrogen and oxygen atoms in total. The lowest BCUT2D eigenvalue weighted by Crippen LogP contribution is -2.11. The second-order valence-electron chi connectivity index (χ2n) is 12.6. The van der Waals surface area contributed by atoms with Gasteiger partial charge in [0, 0.05) is 22.1 Å². The van der Waals surface area contributed by atoms with Crippen LogP contribution < -0.4 is 0 Å². The molecule has 0 spiro atoms. The molecule has 8 aromatic rings. The van der Waals surface area contributed by atoms with Gasteiger partial charge in [-0.05, 0) is 110 Å². The molecule has 2 heterocycles. The SMILES string of the molecule is C1=CC2=Cc3c(c4cc(-c5cc(-c6ccccc6)cc(-c6ccccc6)c5)cc5c6cc7ccccc7cc6n3c45)CC2C=C1. The van der Waals surface area contributed by atoms with E-state index in [1.54, 1.807) is 0 Å². The summed E-state index contributed by atoms with van der Waals surface area (Å²) in [6, 6.07) is 47.1. The Morgan fingerprint density at radius 1 is 0.511 bits per heavy atom. The minimum absolute atomic E-state index is 0.426. The number of rotatable bonds is 3. The monoisotopic (exact) mass is 571 g/mol. The van der Waals surface area contributed by atoms with Crippen LogP contribution in [0.5, 0.6) is 0 Å². The maximum atomic E-state index is 2.55. The number of hydrogen-bond donors (Lipinski definition) is 0. The Labute approximate surface area is 262 Å². The molecule has 0 saturated heterocycles. The summed E-state index contributed by atoms with van der Waals surface area (Å²) in [4.78, 5) is 0. The first-order valence-corrected chi connectivity index (χ1v) is 15.9. The summed E-state index contributed by atoms with van der Waals surface area (Å²) in [5.74, 6) is 0.426. The number of nitrogens with zero attached hydrogens (tertiary/aromatic N) is 1. The molecule has 2 aromatic heterocycles. The molecule has 6 aromatic carbocycles. The molecule has 0 aliphatic heterocycles. The van der Waals surface area contributed by atoms with Crippen molar-refractivity contribution in [3.8, 4) is 33.4 Å². The van der Waals surface area contributed by atoms with Crippen LogP contribution in [-0.4, -0.2) is 4.40 Å². The highest BCUT2D eigenvalue weighted by Crippen LogP contribution is 2.46. The van der Waals surface area contributed by atoms with Gasteiger partial charge in [0.15, 0.2) is 0 Å². The third-order valence-electron chi connectivity index (χ3n) is 9.98. The average Bonchev–Trinajstić information content (AvgIpc) is 3.60. The zero-order chi connectivity index (χ0) is 29.5. The van der Waals surface area contributed by atoms with Gasteiger partial charge in [-0.2, -0.15) is 0 Å². The minimum atomic E-state index is 0.426. The quantitative estimate of drug-likeness (QED) is 0.199. The van der Waals surface area contributed by atoms with Crippen LogP contribution in [0.15, 0.2) is 157 Å². The van der Waals surface area contributed by atoms with Gasteiger partial charge in [-0.1, -0.05) is 109 Å². The Bertz CT molecular complexity index is 2480. The van der Waals surface area contributed by atoms with Gasteiger partial charge in [0.05, 0.1) is 16.7 Å². The second kappa shape index (κ2) is 9.42. The second-order valence-corrected chi connectivity index (χ2v) is 12.6. The summed E-state index contributed by atoms with van der Waals surface area (Å²) in [6.07, 6.45) is 12.5. The predicted molar refractivity (Wildman–Crippen MR) is 191 cm³/mol. The molecule has 0 bridgehead atoms. The molecule has 10 rings (SSSR count). The first-order chi connectivity index (χ1) is 22.3. The normalized spacial score (nSPS) is 15.6. The average molecular weight is 572 g/mol. The number of benzene rings is 6. The highest BCUT2D eigenvalue weighted by molar-refractivity contribution is 6.20. The van der Waals surface area contributed by atoms with E-state index < -0.39 is 0 Å². The van der Waals surface area contributed by atoms with Crippen LogP contribution in [0.2, 0.25) is 0 Å². The number of hydrogen-bond acceptors (Lipinski definition) is 0. The first kappa shape index (κ1) is 24.7. The van der Waals surface area contributed by atoms with Gasteiger partial charge in [0.1, 0.15) is 0 Å². The Morgan fingerprint density at radius 2 is 1.11 bits per heavy atom. The lowest BCUT2D eigenvalue weighted by molar-refractivity contribution is 0.761. The van der Waals surface area contributed by atoms with Gasteiger partial charge < -0.3 is 4.40 Å². The maximum Gasteiger partial charge on any atom is 0.0617 e. The third-order valence-corrected chi connectivity index (χ3v) is 9.98. The Hall–Kier alpha value is -5.66. The van der Waals surface area contributed by atoms with Gasteiger partial charge in [0.2, 0.25) is 0 Å². The molecule has 0 amide bonds. The molecule has 1 unspecified atom stereocenters. The van der Waals surface area contributed by atoms with Crippen molar-refractivity contribution in [3.05, 3.63) is 169 Å². The molecule has 210 valence electrons. The van der Waals surface area contributed by atoms with Crippen LogP contribution >= 0.6 is 0 Å². The largest absolute Gasteiger partial charge is 0.308 e. The smallest absolute Gasteiger partial charge is 0.0617 e. The fourth-order valence-corrected chi connectivity index (χ4v) is 7.82. The molecule has 0 N–H and O–H groups in total. The minimum Gasteiger partial charge on any atom is -0.308 e. The van der Waals surface area contributed by atoms with E-state index in [1.165, 1.54) is 88.2 Å². The Balaban J connectivity index is 1.30. The predicted octanol–water partition coefficient (Wildman–Crippen LogP) is 11.5. The summed E-state index contributed by atoms with van der Waals surface area (Å²) >= 11 is 0. The van der Waals surface area contributed by atoms with Crippen LogP contribution in [0.1, 0.15) is 11.3 Å². The topological polar surface area (TPSA) is 4.41 Å². The van der Waals surface area contributed by atoms with Gasteiger partial charge in [-0.25, -0.2) is 0 Å². The summed E-state index contributed by atoms with van der Waals surface area (Å²) in [6.45, 7) is 0. The van der Waals surface area contributed by atoms with Gasteiger partial charge in [-0.3, -0.25) is 0 Å². The molecule has 2 aliphatic carbocycles. The number of fused-ring (bicyclic) bond motifs is 8. The molecule has 1 atom stereocenters. The standard InChI is InChI=1S/C44H29N/c1-3-11-28(12-4-1)34-19-35(29-13-5-2-6-14-29)21-36(20-34)37-24-40-38-22-30-15-7-9-17-32(30)26-42(38)45-43-27-33-18-10-8-16-31(33)23-39(43)41(25-37)44(40)45/h1-22,24-27,31H,23H2. The van der Waals surface area contributed by atoms with E-state index in [4.69, 9.17) is 0 Å². The van der Waals surface area contributed by atoms with Crippen molar-refractivity contribution >= 4 is 44.0 Å². The summed E-state index contributed by atoms with van der Waals surface area (Å²) in [5, 5.41) is 6.59. The number of allylic oxidation sites excluding steroid dienone is 5. The molecular weight excluding hydrogens is 542 g/mol. The lowest BCUT2D eigenvalue weighted by atomic mass is 9.82. The first-order valence-electron chi connectivity index (χ1n) is 15.9. The molecule has 0 saturated carbocycles. The van der Waals surface area contributed by atoms with Crippen LogP contribution in [0.4, 0.5) is 0 Å². The molecule has 45 heavy (non-hydrogen) atoms. The van der Waals surface area contributed by atoms with Gasteiger partial charge in [0.25, 0.3) is 0 Å². The van der Waals surface area contributed by atoms with E-state index in [-0.39, 0.29) is 0 Å². The van der Waals surface area contributed by atoms with Crippen LogP contribution in [-0.2, 0) is 6.42 Å². The van der Waals surface area contributed by atoms with Crippen molar-refractivity contribution in [2.24, 2.45) is 5.92 Å². The molecule has 2 aliphatic rings. The number of aromatic nitrogens is 1. The maximum absolute atomic E-state index is 2.55. The third kappa shape index (κ3) is 3.74. The van der Waals surface area contributed by atoms with E-state index in [9.17, 15) is 0 Å². The molecule has 0 fully saturated rings. The highest BCUT2D eigenvalue weighted by Gasteiger charge is 2.28.